The number of ether oxygens (including phenoxy) is 2. The molecule has 0 fully saturated rings. The van der Waals surface area contributed by atoms with Crippen molar-refractivity contribution in [1.29, 1.82) is 0 Å². The number of fused-ring (bicyclic) bond motifs is 1. The molecule has 0 aliphatic rings. The summed E-state index contributed by atoms with van der Waals surface area (Å²) in [5.41, 5.74) is 7.12. The Morgan fingerprint density at radius 1 is 1.39 bits per heavy atom. The van der Waals surface area contributed by atoms with Gasteiger partial charge in [-0.05, 0) is 6.42 Å². The van der Waals surface area contributed by atoms with E-state index in [4.69, 9.17) is 15.2 Å². The number of methoxy groups -OCH3 is 2. The predicted octanol–water partition coefficient (Wildman–Crippen LogP) is 1.80. The molecule has 2 aromatic rings. The Bertz CT molecular complexity index is 554. The van der Waals surface area contributed by atoms with E-state index in [2.05, 4.69) is 4.98 Å². The molecule has 0 aliphatic heterocycles. The third-order valence-electron chi connectivity index (χ3n) is 2.78. The molecule has 0 amide bonds. The number of nitrogen functional groups attached to an aromatic ring is 1. The third-order valence-corrected chi connectivity index (χ3v) is 2.78. The van der Waals surface area contributed by atoms with Gasteiger partial charge < -0.3 is 19.8 Å². The molecule has 2 rings (SSSR count). The predicted molar refractivity (Wildman–Crippen MR) is 67.1 cm³/mol. The van der Waals surface area contributed by atoms with Gasteiger partial charge in [0.2, 0.25) is 5.95 Å². The van der Waals surface area contributed by atoms with Gasteiger partial charge in [0.25, 0.3) is 0 Å². The van der Waals surface area contributed by atoms with Crippen molar-refractivity contribution in [2.24, 2.45) is 0 Å². The molecular formula is C12H16FN3O2. The zero-order chi connectivity index (χ0) is 13.1. The van der Waals surface area contributed by atoms with Gasteiger partial charge in [-0.1, -0.05) is 0 Å². The van der Waals surface area contributed by atoms with E-state index in [1.807, 2.05) is 4.57 Å². The Morgan fingerprint density at radius 3 is 2.83 bits per heavy atom. The van der Waals surface area contributed by atoms with Gasteiger partial charge in [0.1, 0.15) is 0 Å². The number of hydrogen-bond acceptors (Lipinski definition) is 4. The fraction of sp³-hybridized carbons (Fsp3) is 0.417. The number of benzene rings is 1. The Morgan fingerprint density at radius 2 is 2.17 bits per heavy atom. The monoisotopic (exact) mass is 253 g/mol. The normalized spacial score (nSPS) is 11.1. The first-order valence-electron chi connectivity index (χ1n) is 5.65. The van der Waals surface area contributed by atoms with Gasteiger partial charge in [-0.3, -0.25) is 0 Å². The molecule has 0 saturated carbocycles. The van der Waals surface area contributed by atoms with Crippen molar-refractivity contribution in [3.8, 4) is 5.75 Å². The maximum absolute atomic E-state index is 13.5. The highest BCUT2D eigenvalue weighted by Gasteiger charge is 2.12. The number of aromatic nitrogens is 2. The van der Waals surface area contributed by atoms with E-state index >= 15 is 0 Å². The summed E-state index contributed by atoms with van der Waals surface area (Å²) in [6.45, 7) is 1.31. The number of hydrogen-bond donors (Lipinski definition) is 1. The largest absolute Gasteiger partial charge is 0.494 e. The van der Waals surface area contributed by atoms with Crippen molar-refractivity contribution >= 4 is 17.0 Å². The molecule has 5 nitrogen and oxygen atoms in total. The van der Waals surface area contributed by atoms with Crippen molar-refractivity contribution in [2.75, 3.05) is 26.6 Å². The topological polar surface area (TPSA) is 62.3 Å². The Labute approximate surface area is 104 Å². The molecule has 2 N–H and O–H groups in total. The summed E-state index contributed by atoms with van der Waals surface area (Å²) < 4.78 is 25.3. The van der Waals surface area contributed by atoms with Crippen LogP contribution in [0.5, 0.6) is 5.75 Å². The standard InChI is InChI=1S/C12H16FN3O2/c1-17-5-3-4-16-10-7-11(18-2)8(13)6-9(10)15-12(16)14/h6-7H,3-5H2,1-2H3,(H2,14,15). The lowest BCUT2D eigenvalue weighted by atomic mass is 10.2. The second-order valence-electron chi connectivity index (χ2n) is 3.94. The Hall–Kier alpha value is -1.82. The summed E-state index contributed by atoms with van der Waals surface area (Å²) in [5.74, 6) is 0.121. The molecule has 18 heavy (non-hydrogen) atoms. The molecular weight excluding hydrogens is 237 g/mol. The van der Waals surface area contributed by atoms with Crippen LogP contribution in [0.3, 0.4) is 0 Å². The number of nitrogens with zero attached hydrogens (tertiary/aromatic N) is 2. The minimum Gasteiger partial charge on any atom is -0.494 e. The van der Waals surface area contributed by atoms with Gasteiger partial charge in [-0.2, -0.15) is 0 Å². The highest BCUT2D eigenvalue weighted by molar-refractivity contribution is 5.80. The molecule has 0 unspecified atom stereocenters. The summed E-state index contributed by atoms with van der Waals surface area (Å²) in [6.07, 6.45) is 0.811. The zero-order valence-corrected chi connectivity index (χ0v) is 10.4. The minimum atomic E-state index is -0.438. The van der Waals surface area contributed by atoms with Gasteiger partial charge >= 0.3 is 0 Å². The zero-order valence-electron chi connectivity index (χ0n) is 10.4. The Balaban J connectivity index is 2.41. The van der Waals surface area contributed by atoms with E-state index in [-0.39, 0.29) is 5.75 Å². The maximum Gasteiger partial charge on any atom is 0.201 e. The van der Waals surface area contributed by atoms with Crippen LogP contribution >= 0.6 is 0 Å². The van der Waals surface area contributed by atoms with Gasteiger partial charge in [0.15, 0.2) is 11.6 Å². The number of aryl methyl sites for hydroxylation is 1. The molecule has 1 heterocycles. The first kappa shape index (κ1) is 12.6. The quantitative estimate of drug-likeness (QED) is 0.825. The number of anilines is 1. The van der Waals surface area contributed by atoms with E-state index in [1.54, 1.807) is 13.2 Å². The highest BCUT2D eigenvalue weighted by atomic mass is 19.1. The van der Waals surface area contributed by atoms with Crippen LogP contribution < -0.4 is 10.5 Å². The molecule has 6 heteroatoms. The fourth-order valence-corrected chi connectivity index (χ4v) is 1.90. The van der Waals surface area contributed by atoms with Crippen molar-refractivity contribution in [2.45, 2.75) is 13.0 Å². The van der Waals surface area contributed by atoms with Gasteiger partial charge in [0.05, 0.1) is 18.1 Å². The molecule has 0 radical (unpaired) electrons. The molecule has 0 spiro atoms. The second kappa shape index (κ2) is 5.22. The molecule has 0 atom stereocenters. The van der Waals surface area contributed by atoms with Crippen LogP contribution in [0.4, 0.5) is 10.3 Å². The first-order chi connectivity index (χ1) is 8.67. The SMILES string of the molecule is COCCCn1c(N)nc2cc(F)c(OC)cc21. The molecule has 0 aliphatic carbocycles. The lowest BCUT2D eigenvalue weighted by Crippen LogP contribution is -2.05. The van der Waals surface area contributed by atoms with E-state index in [0.717, 1.165) is 11.9 Å². The summed E-state index contributed by atoms with van der Waals surface area (Å²) in [6, 6.07) is 2.94. The van der Waals surface area contributed by atoms with Gasteiger partial charge in [-0.25, -0.2) is 9.37 Å². The highest BCUT2D eigenvalue weighted by Crippen LogP contribution is 2.26. The van der Waals surface area contributed by atoms with Gasteiger partial charge in [-0.15, -0.1) is 0 Å². The van der Waals surface area contributed by atoms with Crippen LogP contribution in [-0.4, -0.2) is 30.4 Å². The van der Waals surface area contributed by atoms with Crippen molar-refractivity contribution in [3.63, 3.8) is 0 Å². The number of nitrogens with two attached hydrogens (primary N) is 1. The Kier molecular flexibility index (Phi) is 3.66. The summed E-state index contributed by atoms with van der Waals surface area (Å²) >= 11 is 0. The van der Waals surface area contributed by atoms with E-state index in [0.29, 0.717) is 24.6 Å². The fourth-order valence-electron chi connectivity index (χ4n) is 1.90. The van der Waals surface area contributed by atoms with Crippen LogP contribution in [0, 0.1) is 5.82 Å². The van der Waals surface area contributed by atoms with Crippen LogP contribution in [0.1, 0.15) is 6.42 Å². The summed E-state index contributed by atoms with van der Waals surface area (Å²) in [5, 5.41) is 0. The lowest BCUT2D eigenvalue weighted by Gasteiger charge is -2.07. The van der Waals surface area contributed by atoms with Crippen molar-refractivity contribution in [3.05, 3.63) is 17.9 Å². The van der Waals surface area contributed by atoms with Crippen LogP contribution in [0.25, 0.3) is 11.0 Å². The van der Waals surface area contributed by atoms with E-state index in [1.165, 1.54) is 13.2 Å². The van der Waals surface area contributed by atoms with Crippen molar-refractivity contribution in [1.82, 2.24) is 9.55 Å². The second-order valence-corrected chi connectivity index (χ2v) is 3.94. The average Bonchev–Trinajstić information content (AvgIpc) is 2.64. The number of imidazole rings is 1. The smallest absolute Gasteiger partial charge is 0.201 e. The van der Waals surface area contributed by atoms with E-state index < -0.39 is 5.82 Å². The van der Waals surface area contributed by atoms with Crippen molar-refractivity contribution < 1.29 is 13.9 Å². The molecule has 1 aromatic heterocycles. The molecule has 1 aromatic carbocycles. The minimum absolute atomic E-state index is 0.190. The summed E-state index contributed by atoms with van der Waals surface area (Å²) in [4.78, 5) is 4.13. The molecule has 0 bridgehead atoms. The van der Waals surface area contributed by atoms with Gasteiger partial charge in [0, 0.05) is 32.4 Å². The summed E-state index contributed by atoms with van der Waals surface area (Å²) in [7, 11) is 3.08. The lowest BCUT2D eigenvalue weighted by molar-refractivity contribution is 0.191. The number of halogens is 1. The van der Waals surface area contributed by atoms with E-state index in [9.17, 15) is 4.39 Å². The van der Waals surface area contributed by atoms with Crippen LogP contribution in [0.2, 0.25) is 0 Å². The first-order valence-corrected chi connectivity index (χ1v) is 5.65. The average molecular weight is 253 g/mol. The van der Waals surface area contributed by atoms with Crippen LogP contribution in [-0.2, 0) is 11.3 Å². The third kappa shape index (κ3) is 2.24. The molecule has 0 saturated heterocycles. The van der Waals surface area contributed by atoms with Crippen LogP contribution in [0.15, 0.2) is 12.1 Å². The number of rotatable bonds is 5. The maximum atomic E-state index is 13.5. The molecule has 98 valence electrons.